The van der Waals surface area contributed by atoms with Crippen molar-refractivity contribution in [3.05, 3.63) is 69.3 Å². The third-order valence-electron chi connectivity index (χ3n) is 5.60. The van der Waals surface area contributed by atoms with Crippen molar-refractivity contribution in [1.82, 2.24) is 9.13 Å². The summed E-state index contributed by atoms with van der Waals surface area (Å²) in [5.74, 6) is 0.187. The van der Waals surface area contributed by atoms with E-state index in [1.807, 2.05) is 31.4 Å². The van der Waals surface area contributed by atoms with E-state index < -0.39 is 9.84 Å². The molecule has 0 atom stereocenters. The second-order valence-electron chi connectivity index (χ2n) is 7.59. The first kappa shape index (κ1) is 23.8. The number of nitrogens with one attached hydrogen (secondary N) is 1. The van der Waals surface area contributed by atoms with Crippen molar-refractivity contribution in [2.24, 2.45) is 0 Å². The summed E-state index contributed by atoms with van der Waals surface area (Å²) in [6, 6.07) is 12.8. The van der Waals surface area contributed by atoms with Crippen LogP contribution in [0.5, 0.6) is 5.75 Å². The van der Waals surface area contributed by atoms with E-state index >= 15 is 0 Å². The van der Waals surface area contributed by atoms with Crippen molar-refractivity contribution in [2.45, 2.75) is 43.1 Å². The topological polar surface area (TPSA) is 99.4 Å². The molecule has 2 aromatic heterocycles. The van der Waals surface area contributed by atoms with Gasteiger partial charge >= 0.3 is 5.69 Å². The first-order valence-electron chi connectivity index (χ1n) is 10.8. The average Bonchev–Trinajstić information content (AvgIpc) is 3.42. The van der Waals surface area contributed by atoms with Gasteiger partial charge in [-0.1, -0.05) is 6.07 Å². The number of imidazole rings is 1. The van der Waals surface area contributed by atoms with Crippen LogP contribution in [-0.2, 0) is 34.1 Å². The van der Waals surface area contributed by atoms with Gasteiger partial charge in [0.2, 0.25) is 15.7 Å². The van der Waals surface area contributed by atoms with Crippen molar-refractivity contribution in [1.29, 1.82) is 0 Å². The number of aryl methyl sites for hydroxylation is 2. The van der Waals surface area contributed by atoms with Crippen LogP contribution < -0.4 is 15.7 Å². The van der Waals surface area contributed by atoms with Gasteiger partial charge in [-0.2, -0.15) is 0 Å². The van der Waals surface area contributed by atoms with Crippen molar-refractivity contribution in [2.75, 3.05) is 12.4 Å². The monoisotopic (exact) mass is 499 g/mol. The smallest absolute Gasteiger partial charge is 0.329 e. The summed E-state index contributed by atoms with van der Waals surface area (Å²) in [6.07, 6.45) is 0.119. The lowest BCUT2D eigenvalue weighted by Crippen LogP contribution is -2.23. The van der Waals surface area contributed by atoms with Gasteiger partial charge in [-0.15, -0.1) is 11.3 Å². The fourth-order valence-corrected chi connectivity index (χ4v) is 6.04. The van der Waals surface area contributed by atoms with Crippen LogP contribution in [0.2, 0.25) is 0 Å². The molecule has 2 aromatic carbocycles. The number of carbonyl (C=O) groups is 1. The van der Waals surface area contributed by atoms with Crippen LogP contribution in [-0.4, -0.2) is 30.6 Å². The molecule has 0 aliphatic carbocycles. The minimum absolute atomic E-state index is 0.0572. The molecule has 4 rings (SSSR count). The zero-order valence-electron chi connectivity index (χ0n) is 19.1. The van der Waals surface area contributed by atoms with Crippen LogP contribution >= 0.6 is 11.3 Å². The van der Waals surface area contributed by atoms with Crippen molar-refractivity contribution in [3.8, 4) is 5.75 Å². The van der Waals surface area contributed by atoms with E-state index in [9.17, 15) is 18.0 Å². The number of thiophene rings is 1. The standard InChI is InChI=1S/C24H25N3O5S2/c1-4-26-20-14-19(25-23(28)13-17-7-6-12-33-17)22(15-21(20)27(5-2)24(26)29)34(30,31)18-10-8-16(32-3)9-11-18/h6-12,14-15H,4-5,13H2,1-3H3,(H,25,28). The number of anilines is 1. The number of nitrogens with zero attached hydrogens (tertiary/aromatic N) is 2. The molecule has 0 saturated carbocycles. The number of sulfone groups is 1. The van der Waals surface area contributed by atoms with E-state index in [1.54, 1.807) is 22.8 Å². The highest BCUT2D eigenvalue weighted by molar-refractivity contribution is 7.91. The molecule has 0 fully saturated rings. The van der Waals surface area contributed by atoms with Gasteiger partial charge < -0.3 is 10.1 Å². The average molecular weight is 500 g/mol. The molecule has 1 N–H and O–H groups in total. The van der Waals surface area contributed by atoms with Crippen molar-refractivity contribution in [3.63, 3.8) is 0 Å². The van der Waals surface area contributed by atoms with Gasteiger partial charge in [0.05, 0.1) is 40.0 Å². The summed E-state index contributed by atoms with van der Waals surface area (Å²) in [4.78, 5) is 26.5. The number of amides is 1. The minimum atomic E-state index is -4.02. The zero-order chi connectivity index (χ0) is 24.5. The molecule has 0 unspecified atom stereocenters. The fourth-order valence-electron chi connectivity index (χ4n) is 3.92. The number of carbonyl (C=O) groups excluding carboxylic acids is 1. The molecule has 0 spiro atoms. The van der Waals surface area contributed by atoms with Crippen LogP contribution in [0.15, 0.2) is 68.5 Å². The lowest BCUT2D eigenvalue weighted by atomic mass is 10.2. The van der Waals surface area contributed by atoms with Crippen LogP contribution in [0.3, 0.4) is 0 Å². The molecule has 0 radical (unpaired) electrons. The van der Waals surface area contributed by atoms with Gasteiger partial charge in [0.25, 0.3) is 0 Å². The van der Waals surface area contributed by atoms with Crippen LogP contribution in [0.25, 0.3) is 11.0 Å². The van der Waals surface area contributed by atoms with Gasteiger partial charge in [-0.3, -0.25) is 13.9 Å². The molecular formula is C24H25N3O5S2. The Morgan fingerprint density at radius 2 is 1.68 bits per heavy atom. The summed E-state index contributed by atoms with van der Waals surface area (Å²) < 4.78 is 35.6. The Morgan fingerprint density at radius 1 is 1.03 bits per heavy atom. The van der Waals surface area contributed by atoms with Crippen molar-refractivity contribution < 1.29 is 17.9 Å². The lowest BCUT2D eigenvalue weighted by molar-refractivity contribution is -0.115. The van der Waals surface area contributed by atoms with Gasteiger partial charge in [0, 0.05) is 18.0 Å². The first-order chi connectivity index (χ1) is 16.3. The summed E-state index contributed by atoms with van der Waals surface area (Å²) in [5.41, 5.74) is 0.974. The molecule has 0 aliphatic heterocycles. The second kappa shape index (κ2) is 9.47. The Kier molecular flexibility index (Phi) is 6.63. The molecule has 4 aromatic rings. The summed E-state index contributed by atoms with van der Waals surface area (Å²) in [5, 5.41) is 4.65. The van der Waals surface area contributed by atoms with E-state index in [0.29, 0.717) is 29.9 Å². The number of hydrogen-bond donors (Lipinski definition) is 1. The summed E-state index contributed by atoms with van der Waals surface area (Å²) in [6.45, 7) is 4.47. The minimum Gasteiger partial charge on any atom is -0.497 e. The lowest BCUT2D eigenvalue weighted by Gasteiger charge is -2.14. The molecule has 2 heterocycles. The Balaban J connectivity index is 1.90. The molecule has 8 nitrogen and oxygen atoms in total. The number of hydrogen-bond acceptors (Lipinski definition) is 6. The quantitative estimate of drug-likeness (QED) is 0.396. The van der Waals surface area contributed by atoms with E-state index in [0.717, 1.165) is 4.88 Å². The molecule has 0 aliphatic rings. The number of benzene rings is 2. The van der Waals surface area contributed by atoms with Gasteiger partial charge in [0.15, 0.2) is 0 Å². The normalized spacial score (nSPS) is 11.6. The van der Waals surface area contributed by atoms with Crippen LogP contribution in [0.4, 0.5) is 5.69 Å². The predicted molar refractivity (Wildman–Crippen MR) is 133 cm³/mol. The van der Waals surface area contributed by atoms with E-state index in [2.05, 4.69) is 5.32 Å². The Bertz CT molecular complexity index is 1500. The predicted octanol–water partition coefficient (Wildman–Crippen LogP) is 3.93. The highest BCUT2D eigenvalue weighted by Gasteiger charge is 2.26. The van der Waals surface area contributed by atoms with Gasteiger partial charge in [0.1, 0.15) is 5.75 Å². The third-order valence-corrected chi connectivity index (χ3v) is 8.29. The molecular weight excluding hydrogens is 474 g/mol. The fraction of sp³-hybridized carbons (Fsp3) is 0.250. The largest absolute Gasteiger partial charge is 0.497 e. The van der Waals surface area contributed by atoms with Gasteiger partial charge in [-0.25, -0.2) is 13.2 Å². The molecule has 34 heavy (non-hydrogen) atoms. The van der Waals surface area contributed by atoms with Crippen LogP contribution in [0, 0.1) is 0 Å². The third kappa shape index (κ3) is 4.26. The van der Waals surface area contributed by atoms with E-state index in [1.165, 1.54) is 41.2 Å². The van der Waals surface area contributed by atoms with E-state index in [-0.39, 0.29) is 33.5 Å². The number of methoxy groups -OCH3 is 1. The Labute approximate surface area is 201 Å². The summed E-state index contributed by atoms with van der Waals surface area (Å²) in [7, 11) is -2.52. The zero-order valence-corrected chi connectivity index (χ0v) is 20.7. The SMILES string of the molecule is CCn1c(=O)n(CC)c2cc(S(=O)(=O)c3ccc(OC)cc3)c(NC(=O)Cc3cccs3)cc21. The molecule has 178 valence electrons. The van der Waals surface area contributed by atoms with Crippen LogP contribution in [0.1, 0.15) is 18.7 Å². The highest BCUT2D eigenvalue weighted by atomic mass is 32.2. The highest BCUT2D eigenvalue weighted by Crippen LogP contribution is 2.33. The second-order valence-corrected chi connectivity index (χ2v) is 10.5. The number of fused-ring (bicyclic) bond motifs is 1. The summed E-state index contributed by atoms with van der Waals surface area (Å²) >= 11 is 1.45. The van der Waals surface area contributed by atoms with Gasteiger partial charge in [-0.05, 0) is 61.7 Å². The maximum absolute atomic E-state index is 13.7. The molecule has 0 bridgehead atoms. The maximum atomic E-state index is 13.7. The number of rotatable bonds is 8. The van der Waals surface area contributed by atoms with E-state index in [4.69, 9.17) is 4.74 Å². The first-order valence-corrected chi connectivity index (χ1v) is 13.1. The number of aromatic nitrogens is 2. The Hall–Kier alpha value is -3.37. The maximum Gasteiger partial charge on any atom is 0.329 e. The molecule has 10 heteroatoms. The van der Waals surface area contributed by atoms with Crippen molar-refractivity contribution >= 4 is 43.8 Å². The molecule has 1 amide bonds. The molecule has 0 saturated heterocycles. The number of ether oxygens (including phenoxy) is 1. The Morgan fingerprint density at radius 3 is 2.24 bits per heavy atom.